The molecule has 0 saturated carbocycles. The van der Waals surface area contributed by atoms with Crippen molar-refractivity contribution in [2.24, 2.45) is 0 Å². The highest BCUT2D eigenvalue weighted by Gasteiger charge is 2.05. The number of hydrogen-bond donors (Lipinski definition) is 4. The van der Waals surface area contributed by atoms with Crippen LogP contribution in [0.25, 0.3) is 0 Å². The summed E-state index contributed by atoms with van der Waals surface area (Å²) in [7, 11) is 1.84. The number of benzene rings is 1. The highest BCUT2D eigenvalue weighted by molar-refractivity contribution is 8.93. The molecule has 5 N–H and O–H groups in total. The van der Waals surface area contributed by atoms with Crippen LogP contribution in [0.5, 0.6) is 11.5 Å². The van der Waals surface area contributed by atoms with Gasteiger partial charge in [-0.3, -0.25) is 0 Å². The second kappa shape index (κ2) is 5.72. The average molecular weight is 263 g/mol. The number of phenols is 2. The normalized spacial score (nSPS) is 9.50. The van der Waals surface area contributed by atoms with E-state index in [4.69, 9.17) is 10.8 Å². The van der Waals surface area contributed by atoms with Gasteiger partial charge in [0, 0.05) is 11.8 Å². The second-order valence-electron chi connectivity index (χ2n) is 2.89. The molecule has 0 aliphatic carbocycles. The smallest absolute Gasteiger partial charge is 0.159 e. The molecule has 0 fully saturated rings. The Morgan fingerprint density at radius 2 is 1.86 bits per heavy atom. The predicted molar refractivity (Wildman–Crippen MR) is 62.1 cm³/mol. The standard InChI is InChI=1S/C9H14N2O2.BrH/c1-11-3-2-6-4-8(12)9(13)5-7(6)10;/h4-5,11-13H,2-3,10H2,1H3;1H. The molecule has 1 rings (SSSR count). The van der Waals surface area contributed by atoms with Crippen LogP contribution in [0.4, 0.5) is 5.69 Å². The van der Waals surface area contributed by atoms with Crippen LogP contribution in [-0.2, 0) is 6.42 Å². The second-order valence-corrected chi connectivity index (χ2v) is 2.89. The van der Waals surface area contributed by atoms with E-state index >= 15 is 0 Å². The monoisotopic (exact) mass is 262 g/mol. The van der Waals surface area contributed by atoms with E-state index in [0.29, 0.717) is 5.69 Å². The Morgan fingerprint density at radius 1 is 1.29 bits per heavy atom. The van der Waals surface area contributed by atoms with Gasteiger partial charge in [0.05, 0.1) is 0 Å². The predicted octanol–water partition coefficient (Wildman–Crippen LogP) is 1.02. The van der Waals surface area contributed by atoms with Gasteiger partial charge in [-0.1, -0.05) is 0 Å². The van der Waals surface area contributed by atoms with Crippen molar-refractivity contribution in [3.63, 3.8) is 0 Å². The topological polar surface area (TPSA) is 78.5 Å². The number of hydrogen-bond acceptors (Lipinski definition) is 4. The van der Waals surface area contributed by atoms with Crippen molar-refractivity contribution in [3.05, 3.63) is 17.7 Å². The highest BCUT2D eigenvalue weighted by Crippen LogP contribution is 2.29. The van der Waals surface area contributed by atoms with Crippen molar-refractivity contribution in [1.29, 1.82) is 0 Å². The lowest BCUT2D eigenvalue weighted by Gasteiger charge is -2.07. The van der Waals surface area contributed by atoms with E-state index in [-0.39, 0.29) is 28.5 Å². The number of nitrogen functional groups attached to an aromatic ring is 1. The molecule has 0 saturated heterocycles. The zero-order valence-electron chi connectivity index (χ0n) is 7.95. The maximum Gasteiger partial charge on any atom is 0.159 e. The molecule has 0 atom stereocenters. The Kier molecular flexibility index (Phi) is 5.34. The van der Waals surface area contributed by atoms with Gasteiger partial charge in [0.1, 0.15) is 0 Å². The van der Waals surface area contributed by atoms with Crippen molar-refractivity contribution < 1.29 is 10.2 Å². The molecule has 0 bridgehead atoms. The first-order valence-electron chi connectivity index (χ1n) is 4.10. The molecular formula is C9H15BrN2O2. The Bertz CT molecular complexity index is 305. The van der Waals surface area contributed by atoms with Gasteiger partial charge in [-0.05, 0) is 31.6 Å². The Hall–Kier alpha value is -0.940. The zero-order valence-corrected chi connectivity index (χ0v) is 9.66. The number of rotatable bonds is 3. The van der Waals surface area contributed by atoms with E-state index < -0.39 is 0 Å². The summed E-state index contributed by atoms with van der Waals surface area (Å²) in [4.78, 5) is 0. The molecule has 0 heterocycles. The van der Waals surface area contributed by atoms with Gasteiger partial charge in [0.2, 0.25) is 0 Å². The van der Waals surface area contributed by atoms with E-state index in [1.807, 2.05) is 7.05 Å². The zero-order chi connectivity index (χ0) is 9.84. The van der Waals surface area contributed by atoms with E-state index in [2.05, 4.69) is 5.32 Å². The van der Waals surface area contributed by atoms with Gasteiger partial charge in [-0.2, -0.15) is 0 Å². The van der Waals surface area contributed by atoms with Gasteiger partial charge in [0.15, 0.2) is 11.5 Å². The molecule has 0 spiro atoms. The fourth-order valence-corrected chi connectivity index (χ4v) is 1.11. The molecule has 0 radical (unpaired) electrons. The van der Waals surface area contributed by atoms with Crippen LogP contribution in [-0.4, -0.2) is 23.8 Å². The summed E-state index contributed by atoms with van der Waals surface area (Å²) in [6, 6.07) is 2.85. The lowest BCUT2D eigenvalue weighted by atomic mass is 10.1. The fourth-order valence-electron chi connectivity index (χ4n) is 1.11. The van der Waals surface area contributed by atoms with Gasteiger partial charge in [-0.15, -0.1) is 17.0 Å². The Labute approximate surface area is 93.5 Å². The minimum atomic E-state index is -0.175. The minimum absolute atomic E-state index is 0. The van der Waals surface area contributed by atoms with Gasteiger partial charge in [-0.25, -0.2) is 0 Å². The summed E-state index contributed by atoms with van der Waals surface area (Å²) in [6.07, 6.45) is 0.732. The Morgan fingerprint density at radius 3 is 2.43 bits per heavy atom. The third kappa shape index (κ3) is 3.08. The number of nitrogens with one attached hydrogen (secondary N) is 1. The van der Waals surface area contributed by atoms with E-state index in [0.717, 1.165) is 18.5 Å². The molecule has 4 nitrogen and oxygen atoms in total. The molecule has 0 unspecified atom stereocenters. The lowest BCUT2D eigenvalue weighted by Crippen LogP contribution is -2.11. The van der Waals surface area contributed by atoms with Crippen molar-refractivity contribution in [1.82, 2.24) is 5.32 Å². The van der Waals surface area contributed by atoms with Crippen molar-refractivity contribution >= 4 is 22.7 Å². The van der Waals surface area contributed by atoms with Gasteiger partial charge in [0.25, 0.3) is 0 Å². The molecule has 0 aliphatic heterocycles. The molecule has 14 heavy (non-hydrogen) atoms. The van der Waals surface area contributed by atoms with E-state index in [9.17, 15) is 5.11 Å². The van der Waals surface area contributed by atoms with Gasteiger partial charge >= 0.3 is 0 Å². The van der Waals surface area contributed by atoms with Crippen LogP contribution in [0.15, 0.2) is 12.1 Å². The molecule has 5 heteroatoms. The molecule has 0 aliphatic rings. The summed E-state index contributed by atoms with van der Waals surface area (Å²) in [6.45, 7) is 0.786. The largest absolute Gasteiger partial charge is 0.504 e. The van der Waals surface area contributed by atoms with Crippen molar-refractivity contribution in [2.45, 2.75) is 6.42 Å². The highest BCUT2D eigenvalue weighted by atomic mass is 79.9. The average Bonchev–Trinajstić information content (AvgIpc) is 2.09. The molecule has 0 aromatic heterocycles. The number of halogens is 1. The van der Waals surface area contributed by atoms with Crippen LogP contribution in [0.2, 0.25) is 0 Å². The molecule has 80 valence electrons. The molecule has 1 aromatic rings. The third-order valence-corrected chi connectivity index (χ3v) is 1.88. The number of anilines is 1. The van der Waals surface area contributed by atoms with Crippen molar-refractivity contribution in [3.8, 4) is 11.5 Å². The first-order valence-corrected chi connectivity index (χ1v) is 4.10. The summed E-state index contributed by atoms with van der Waals surface area (Å²) in [5, 5.41) is 21.3. The Balaban J connectivity index is 0.00000169. The maximum absolute atomic E-state index is 9.20. The summed E-state index contributed by atoms with van der Waals surface area (Å²) in [5.41, 5.74) is 6.97. The van der Waals surface area contributed by atoms with Crippen LogP contribution >= 0.6 is 17.0 Å². The van der Waals surface area contributed by atoms with Crippen LogP contribution < -0.4 is 11.1 Å². The number of likely N-dealkylation sites (N-methyl/N-ethyl adjacent to an activating group) is 1. The number of phenolic OH excluding ortho intramolecular Hbond substituents is 2. The quantitative estimate of drug-likeness (QED) is 0.373. The molecule has 0 amide bonds. The summed E-state index contributed by atoms with van der Waals surface area (Å²) >= 11 is 0. The first-order chi connectivity index (χ1) is 6.15. The lowest BCUT2D eigenvalue weighted by molar-refractivity contribution is 0.403. The minimum Gasteiger partial charge on any atom is -0.504 e. The van der Waals surface area contributed by atoms with Crippen LogP contribution in [0, 0.1) is 0 Å². The first kappa shape index (κ1) is 13.1. The van der Waals surface area contributed by atoms with Crippen LogP contribution in [0.3, 0.4) is 0 Å². The number of nitrogens with two attached hydrogens (primary N) is 1. The maximum atomic E-state index is 9.20. The fraction of sp³-hybridized carbons (Fsp3) is 0.333. The molecule has 1 aromatic carbocycles. The SMILES string of the molecule is Br.CNCCc1cc(O)c(O)cc1N. The molecular weight excluding hydrogens is 248 g/mol. The van der Waals surface area contributed by atoms with Crippen molar-refractivity contribution in [2.75, 3.05) is 19.3 Å². The summed E-state index contributed by atoms with van der Waals surface area (Å²) in [5.74, 6) is -0.300. The third-order valence-electron chi connectivity index (χ3n) is 1.88. The van der Waals surface area contributed by atoms with Gasteiger partial charge < -0.3 is 21.3 Å². The van der Waals surface area contributed by atoms with E-state index in [1.54, 1.807) is 0 Å². The van der Waals surface area contributed by atoms with E-state index in [1.165, 1.54) is 12.1 Å². The number of aromatic hydroxyl groups is 2. The van der Waals surface area contributed by atoms with Crippen LogP contribution in [0.1, 0.15) is 5.56 Å². The summed E-state index contributed by atoms with van der Waals surface area (Å²) < 4.78 is 0.